The minimum Gasteiger partial charge on any atom is -0.372 e. The number of hydrogen-bond acceptors (Lipinski definition) is 4. The highest BCUT2D eigenvalue weighted by Gasteiger charge is 2.31. The number of benzene rings is 3. The van der Waals surface area contributed by atoms with Crippen molar-refractivity contribution in [3.8, 4) is 22.4 Å². The second-order valence-corrected chi connectivity index (χ2v) is 10.00. The van der Waals surface area contributed by atoms with E-state index in [0.29, 0.717) is 29.4 Å². The highest BCUT2D eigenvalue weighted by molar-refractivity contribution is 5.76. The molecule has 1 N–H and O–H groups in total. The molecule has 0 aliphatic carbocycles. The van der Waals surface area contributed by atoms with Crippen LogP contribution in [0.1, 0.15) is 23.1 Å². The zero-order chi connectivity index (χ0) is 27.7. The van der Waals surface area contributed by atoms with E-state index in [0.717, 1.165) is 47.6 Å². The van der Waals surface area contributed by atoms with E-state index in [4.69, 9.17) is 4.98 Å². The van der Waals surface area contributed by atoms with Crippen LogP contribution in [-0.4, -0.2) is 25.1 Å². The number of nitrogens with one attached hydrogen (secondary N) is 1. The van der Waals surface area contributed by atoms with Gasteiger partial charge in [-0.3, -0.25) is 0 Å². The predicted octanol–water partition coefficient (Wildman–Crippen LogP) is 8.28. The van der Waals surface area contributed by atoms with Crippen molar-refractivity contribution in [2.45, 2.75) is 26.4 Å². The molecular formula is C32H31F3N4. The van der Waals surface area contributed by atoms with Gasteiger partial charge in [0.1, 0.15) is 5.82 Å². The summed E-state index contributed by atoms with van der Waals surface area (Å²) in [5, 5.41) is 3.44. The van der Waals surface area contributed by atoms with Gasteiger partial charge in [-0.1, -0.05) is 49.0 Å². The number of aryl methyl sites for hydroxylation is 2. The van der Waals surface area contributed by atoms with Gasteiger partial charge in [0.2, 0.25) is 0 Å². The zero-order valence-corrected chi connectivity index (χ0v) is 22.3. The Morgan fingerprint density at radius 2 is 1.59 bits per heavy atom. The largest absolute Gasteiger partial charge is 0.416 e. The van der Waals surface area contributed by atoms with Gasteiger partial charge >= 0.3 is 6.18 Å². The number of anilines is 3. The Balaban J connectivity index is 1.46. The van der Waals surface area contributed by atoms with Gasteiger partial charge in [0.25, 0.3) is 0 Å². The van der Waals surface area contributed by atoms with Crippen LogP contribution in [0.2, 0.25) is 0 Å². The van der Waals surface area contributed by atoms with E-state index < -0.39 is 11.7 Å². The maximum atomic E-state index is 13.4. The Morgan fingerprint density at radius 1 is 0.846 bits per heavy atom. The van der Waals surface area contributed by atoms with Gasteiger partial charge in [-0.2, -0.15) is 13.2 Å². The summed E-state index contributed by atoms with van der Waals surface area (Å²) < 4.78 is 40.1. The molecule has 0 bridgehead atoms. The van der Waals surface area contributed by atoms with Crippen molar-refractivity contribution in [3.63, 3.8) is 0 Å². The third-order valence-electron chi connectivity index (χ3n) is 7.20. The molecule has 200 valence electrons. The van der Waals surface area contributed by atoms with Crippen LogP contribution < -0.4 is 15.1 Å². The van der Waals surface area contributed by atoms with Gasteiger partial charge in [-0.05, 0) is 78.9 Å². The number of fused-ring (bicyclic) bond motifs is 1. The normalized spacial score (nSPS) is 13.6. The Hall–Kier alpha value is -4.26. The van der Waals surface area contributed by atoms with Gasteiger partial charge in [0.05, 0.1) is 16.9 Å². The molecule has 0 atom stereocenters. The van der Waals surface area contributed by atoms with E-state index in [1.807, 2.05) is 30.1 Å². The summed E-state index contributed by atoms with van der Waals surface area (Å²) in [6, 6.07) is 23.6. The van der Waals surface area contributed by atoms with Crippen LogP contribution in [0.5, 0.6) is 0 Å². The van der Waals surface area contributed by atoms with Gasteiger partial charge < -0.3 is 15.1 Å². The number of hydrogen-bond donors (Lipinski definition) is 1. The quantitative estimate of drug-likeness (QED) is 0.282. The summed E-state index contributed by atoms with van der Waals surface area (Å²) in [5.74, 6) is 1.31. The maximum absolute atomic E-state index is 13.4. The van der Waals surface area contributed by atoms with Crippen molar-refractivity contribution >= 4 is 17.2 Å². The average Bonchev–Trinajstić information content (AvgIpc) is 3.08. The van der Waals surface area contributed by atoms with Crippen LogP contribution in [0.4, 0.5) is 30.4 Å². The van der Waals surface area contributed by atoms with E-state index in [1.54, 1.807) is 12.1 Å². The molecule has 7 heteroatoms. The Morgan fingerprint density at radius 3 is 2.36 bits per heavy atom. The highest BCUT2D eigenvalue weighted by atomic mass is 19.4. The summed E-state index contributed by atoms with van der Waals surface area (Å²) >= 11 is 0. The van der Waals surface area contributed by atoms with Crippen molar-refractivity contribution < 1.29 is 13.2 Å². The molecule has 0 amide bonds. The first-order chi connectivity index (χ1) is 18.6. The summed E-state index contributed by atoms with van der Waals surface area (Å²) in [4.78, 5) is 8.99. The molecule has 0 fully saturated rings. The van der Waals surface area contributed by atoms with Crippen LogP contribution in [0.15, 0.2) is 91.3 Å². The van der Waals surface area contributed by atoms with Crippen LogP contribution in [0, 0.1) is 13.8 Å². The monoisotopic (exact) mass is 528 g/mol. The summed E-state index contributed by atoms with van der Waals surface area (Å²) in [6.45, 7) is 10.0. The van der Waals surface area contributed by atoms with Crippen LogP contribution >= 0.6 is 0 Å². The molecule has 4 aromatic rings. The second kappa shape index (κ2) is 10.5. The van der Waals surface area contributed by atoms with Crippen molar-refractivity contribution in [2.75, 3.05) is 35.3 Å². The van der Waals surface area contributed by atoms with E-state index in [1.165, 1.54) is 17.2 Å². The van der Waals surface area contributed by atoms with Gasteiger partial charge in [-0.15, -0.1) is 0 Å². The van der Waals surface area contributed by atoms with Crippen LogP contribution in [0.3, 0.4) is 0 Å². The molecule has 5 rings (SSSR count). The second-order valence-electron chi connectivity index (χ2n) is 10.00. The topological polar surface area (TPSA) is 31.4 Å². The molecule has 0 saturated carbocycles. The first kappa shape index (κ1) is 26.4. The molecule has 0 radical (unpaired) electrons. The number of nitrogens with zero attached hydrogens (tertiary/aromatic N) is 3. The Kier molecular flexibility index (Phi) is 7.08. The van der Waals surface area contributed by atoms with Gasteiger partial charge in [0, 0.05) is 31.4 Å². The predicted molar refractivity (Wildman–Crippen MR) is 154 cm³/mol. The van der Waals surface area contributed by atoms with Gasteiger partial charge in [-0.25, -0.2) is 4.98 Å². The fourth-order valence-electron chi connectivity index (χ4n) is 4.84. The Labute approximate surface area is 227 Å². The molecule has 4 nitrogen and oxygen atoms in total. The minimum absolute atomic E-state index is 0.416. The van der Waals surface area contributed by atoms with Crippen molar-refractivity contribution in [1.29, 1.82) is 0 Å². The number of aromatic nitrogens is 1. The van der Waals surface area contributed by atoms with E-state index >= 15 is 0 Å². The summed E-state index contributed by atoms with van der Waals surface area (Å²) in [5.41, 5.74) is 6.72. The zero-order valence-electron chi connectivity index (χ0n) is 22.3. The van der Waals surface area contributed by atoms with Crippen molar-refractivity contribution in [3.05, 3.63) is 108 Å². The lowest BCUT2D eigenvalue weighted by atomic mass is 10.0. The first-order valence-corrected chi connectivity index (χ1v) is 12.9. The van der Waals surface area contributed by atoms with E-state index in [-0.39, 0.29) is 0 Å². The van der Waals surface area contributed by atoms with Crippen LogP contribution in [-0.2, 0) is 6.18 Å². The maximum Gasteiger partial charge on any atom is 0.416 e. The molecule has 1 aliphatic rings. The molecule has 0 saturated heterocycles. The number of rotatable bonds is 5. The summed E-state index contributed by atoms with van der Waals surface area (Å²) in [6.07, 6.45) is -3.55. The third-order valence-corrected chi connectivity index (χ3v) is 7.20. The Bertz CT molecular complexity index is 1530. The SMILES string of the molecule is C=C(Nc1cccc(-c2ccc(C)c(C)c2)c1)N1CCCN(C)c2ccc(-c3cccc(C(F)(F)F)c3)nc21. The lowest BCUT2D eigenvalue weighted by Crippen LogP contribution is -2.28. The molecular weight excluding hydrogens is 497 g/mol. The van der Waals surface area contributed by atoms with Crippen LogP contribution in [0.25, 0.3) is 22.4 Å². The number of halogens is 3. The number of pyridine rings is 1. The van der Waals surface area contributed by atoms with E-state index in [9.17, 15) is 13.2 Å². The van der Waals surface area contributed by atoms with Gasteiger partial charge in [0.15, 0.2) is 5.82 Å². The highest BCUT2D eigenvalue weighted by Crippen LogP contribution is 2.36. The molecule has 0 spiro atoms. The average molecular weight is 529 g/mol. The van der Waals surface area contributed by atoms with Crippen molar-refractivity contribution in [1.82, 2.24) is 4.98 Å². The summed E-state index contributed by atoms with van der Waals surface area (Å²) in [7, 11) is 2.00. The molecule has 3 aromatic carbocycles. The minimum atomic E-state index is -4.42. The lowest BCUT2D eigenvalue weighted by molar-refractivity contribution is -0.137. The first-order valence-electron chi connectivity index (χ1n) is 12.9. The lowest BCUT2D eigenvalue weighted by Gasteiger charge is -2.27. The molecule has 39 heavy (non-hydrogen) atoms. The van der Waals surface area contributed by atoms with E-state index in [2.05, 4.69) is 61.0 Å². The standard InChI is InChI=1S/C32H31F3N4/c1-21-12-13-25(18-22(21)2)24-8-6-11-28(20-24)36-23(3)39-17-7-16-38(4)30-15-14-29(37-31(30)39)26-9-5-10-27(19-26)32(33,34)35/h5-6,8-15,18-20,36H,3,7,16-17H2,1-2,4H3. The number of alkyl halides is 3. The molecule has 1 aromatic heterocycles. The third kappa shape index (κ3) is 5.62. The molecule has 2 heterocycles. The fourth-order valence-corrected chi connectivity index (χ4v) is 4.84. The fraction of sp³-hybridized carbons (Fsp3) is 0.219. The smallest absolute Gasteiger partial charge is 0.372 e. The molecule has 0 unspecified atom stereocenters. The molecule has 1 aliphatic heterocycles. The van der Waals surface area contributed by atoms with Crippen molar-refractivity contribution in [2.24, 2.45) is 0 Å².